The van der Waals surface area contributed by atoms with Crippen LogP contribution in [0, 0.1) is 0 Å². The van der Waals surface area contributed by atoms with Crippen molar-refractivity contribution in [2.75, 3.05) is 6.61 Å². The van der Waals surface area contributed by atoms with Crippen molar-refractivity contribution in [3.05, 3.63) is 0 Å². The van der Waals surface area contributed by atoms with Crippen molar-refractivity contribution in [1.29, 1.82) is 0 Å². The monoisotopic (exact) mass is 177 g/mol. The lowest BCUT2D eigenvalue weighted by atomic mass is 10.1. The highest BCUT2D eigenvalue weighted by Gasteiger charge is 2.41. The summed E-state index contributed by atoms with van der Waals surface area (Å²) in [6, 6.07) is 0. The zero-order valence-corrected chi connectivity index (χ0v) is 6.25. The molecule has 1 saturated heterocycles. The summed E-state index contributed by atoms with van der Waals surface area (Å²) in [5, 5.41) is 27.1. The zero-order valence-electron chi connectivity index (χ0n) is 6.25. The molecule has 0 unspecified atom stereocenters. The number of rotatable bonds is 2. The number of carbonyl (C=O) groups is 1. The Kier molecular flexibility index (Phi) is 2.63. The van der Waals surface area contributed by atoms with Crippen molar-refractivity contribution < 1.29 is 24.9 Å². The predicted molar refractivity (Wildman–Crippen MR) is 37.0 cm³/mol. The van der Waals surface area contributed by atoms with Crippen molar-refractivity contribution in [3.8, 4) is 0 Å². The van der Waals surface area contributed by atoms with Gasteiger partial charge in [-0.1, -0.05) is 0 Å². The van der Waals surface area contributed by atoms with Crippen molar-refractivity contribution >= 4 is 5.91 Å². The Labute approximate surface area is 68.6 Å². The lowest BCUT2D eigenvalue weighted by Gasteiger charge is -2.17. The van der Waals surface area contributed by atoms with Crippen LogP contribution in [0.4, 0.5) is 0 Å². The normalized spacial score (nSPS) is 38.1. The van der Waals surface area contributed by atoms with Gasteiger partial charge in [-0.05, 0) is 0 Å². The second-order valence-corrected chi connectivity index (χ2v) is 2.70. The number of nitrogens with two attached hydrogens (primary N) is 1. The summed E-state index contributed by atoms with van der Waals surface area (Å²) in [5.74, 6) is -0.979. The predicted octanol–water partition coefficient (Wildman–Crippen LogP) is -3.05. The second kappa shape index (κ2) is 3.36. The number of ether oxygens (including phenoxy) is 1. The number of primary amides is 1. The number of hydrogen-bond acceptors (Lipinski definition) is 5. The molecule has 12 heavy (non-hydrogen) atoms. The molecule has 5 N–H and O–H groups in total. The van der Waals surface area contributed by atoms with Crippen LogP contribution in [0.1, 0.15) is 0 Å². The van der Waals surface area contributed by atoms with Crippen LogP contribution in [0.25, 0.3) is 0 Å². The summed E-state index contributed by atoms with van der Waals surface area (Å²) in [4.78, 5) is 10.4. The van der Waals surface area contributed by atoms with Gasteiger partial charge in [0.25, 0.3) is 0 Å². The SMILES string of the molecule is NC(=O)[C@H](O)[C@H]1OC[C@@H](O)[C@H]1O. The van der Waals surface area contributed by atoms with Gasteiger partial charge in [-0.15, -0.1) is 0 Å². The van der Waals surface area contributed by atoms with E-state index in [0.29, 0.717) is 0 Å². The first kappa shape index (κ1) is 9.40. The van der Waals surface area contributed by atoms with E-state index in [0.717, 1.165) is 0 Å². The van der Waals surface area contributed by atoms with E-state index >= 15 is 0 Å². The highest BCUT2D eigenvalue weighted by molar-refractivity contribution is 5.79. The Hall–Kier alpha value is -0.690. The van der Waals surface area contributed by atoms with Gasteiger partial charge in [0.2, 0.25) is 5.91 Å². The van der Waals surface area contributed by atoms with Crippen LogP contribution in [-0.4, -0.2) is 52.2 Å². The largest absolute Gasteiger partial charge is 0.388 e. The highest BCUT2D eigenvalue weighted by atomic mass is 16.5. The number of hydrogen-bond donors (Lipinski definition) is 4. The minimum Gasteiger partial charge on any atom is -0.388 e. The minimum absolute atomic E-state index is 0.101. The number of aliphatic hydroxyl groups excluding tert-OH is 3. The third-order valence-electron chi connectivity index (χ3n) is 1.79. The summed E-state index contributed by atoms with van der Waals surface area (Å²) in [7, 11) is 0. The van der Waals surface area contributed by atoms with Gasteiger partial charge in [-0.3, -0.25) is 4.79 Å². The number of amides is 1. The van der Waals surface area contributed by atoms with Gasteiger partial charge in [0, 0.05) is 0 Å². The third kappa shape index (κ3) is 1.56. The van der Waals surface area contributed by atoms with Gasteiger partial charge in [-0.2, -0.15) is 0 Å². The van der Waals surface area contributed by atoms with Gasteiger partial charge in [-0.25, -0.2) is 0 Å². The summed E-state index contributed by atoms with van der Waals surface area (Å²) in [6.45, 7) is -0.101. The maximum absolute atomic E-state index is 10.4. The van der Waals surface area contributed by atoms with E-state index < -0.39 is 30.3 Å². The molecular formula is C6H11NO5. The average Bonchev–Trinajstić information content (AvgIpc) is 2.32. The standard InChI is InChI=1S/C6H11NO5/c7-6(11)4(10)5-3(9)2(8)1-12-5/h2-5,8-10H,1H2,(H2,7,11)/t2-,3-,4-,5+/m1/s1. The Morgan fingerprint density at radius 1 is 1.58 bits per heavy atom. The maximum atomic E-state index is 10.4. The Morgan fingerprint density at radius 3 is 2.50 bits per heavy atom. The van der Waals surface area contributed by atoms with Gasteiger partial charge >= 0.3 is 0 Å². The van der Waals surface area contributed by atoms with Gasteiger partial charge in [0.05, 0.1) is 6.61 Å². The Morgan fingerprint density at radius 2 is 2.17 bits per heavy atom. The van der Waals surface area contributed by atoms with E-state index in [-0.39, 0.29) is 6.61 Å². The number of carbonyl (C=O) groups excluding carboxylic acids is 1. The quantitative estimate of drug-likeness (QED) is 0.358. The van der Waals surface area contributed by atoms with E-state index in [1.807, 2.05) is 0 Å². The molecule has 0 aromatic heterocycles. The molecular weight excluding hydrogens is 166 g/mol. The van der Waals surface area contributed by atoms with Crippen molar-refractivity contribution in [3.63, 3.8) is 0 Å². The van der Waals surface area contributed by atoms with Gasteiger partial charge in [0.15, 0.2) is 6.10 Å². The molecule has 6 nitrogen and oxygen atoms in total. The Bertz CT molecular complexity index is 185. The Balaban J connectivity index is 2.59. The summed E-state index contributed by atoms with van der Waals surface area (Å²) >= 11 is 0. The molecule has 6 heteroatoms. The van der Waals surface area contributed by atoms with E-state index in [1.54, 1.807) is 0 Å². The van der Waals surface area contributed by atoms with Crippen molar-refractivity contribution in [2.24, 2.45) is 5.73 Å². The molecule has 1 fully saturated rings. The van der Waals surface area contributed by atoms with Crippen LogP contribution < -0.4 is 5.73 Å². The second-order valence-electron chi connectivity index (χ2n) is 2.70. The first-order chi connectivity index (χ1) is 5.54. The first-order valence-corrected chi connectivity index (χ1v) is 3.49. The smallest absolute Gasteiger partial charge is 0.249 e. The minimum atomic E-state index is -1.57. The molecule has 0 aromatic rings. The molecule has 0 aromatic carbocycles. The zero-order chi connectivity index (χ0) is 9.30. The van der Waals surface area contributed by atoms with Crippen LogP contribution >= 0.6 is 0 Å². The van der Waals surface area contributed by atoms with Crippen molar-refractivity contribution in [2.45, 2.75) is 24.4 Å². The topological polar surface area (TPSA) is 113 Å². The lowest BCUT2D eigenvalue weighted by molar-refractivity contribution is -0.136. The van der Waals surface area contributed by atoms with Crippen LogP contribution in [-0.2, 0) is 9.53 Å². The van der Waals surface area contributed by atoms with E-state index in [2.05, 4.69) is 0 Å². The fourth-order valence-corrected chi connectivity index (χ4v) is 1.07. The van der Waals surface area contributed by atoms with E-state index in [9.17, 15) is 4.79 Å². The fourth-order valence-electron chi connectivity index (χ4n) is 1.07. The molecule has 0 radical (unpaired) electrons. The van der Waals surface area contributed by atoms with Crippen LogP contribution in [0.5, 0.6) is 0 Å². The van der Waals surface area contributed by atoms with Crippen molar-refractivity contribution in [1.82, 2.24) is 0 Å². The van der Waals surface area contributed by atoms with Gasteiger partial charge < -0.3 is 25.8 Å². The molecule has 1 aliphatic rings. The molecule has 4 atom stereocenters. The lowest BCUT2D eigenvalue weighted by Crippen LogP contribution is -2.45. The third-order valence-corrected chi connectivity index (χ3v) is 1.79. The average molecular weight is 177 g/mol. The summed E-state index contributed by atoms with van der Waals surface area (Å²) in [6.07, 6.45) is -5.01. The molecule has 0 spiro atoms. The summed E-state index contributed by atoms with van der Waals surface area (Å²) < 4.78 is 4.75. The molecule has 1 heterocycles. The molecule has 0 saturated carbocycles. The molecule has 70 valence electrons. The molecule has 1 rings (SSSR count). The number of aliphatic hydroxyl groups is 3. The van der Waals surface area contributed by atoms with Crippen LogP contribution in [0.3, 0.4) is 0 Å². The van der Waals surface area contributed by atoms with Gasteiger partial charge in [0.1, 0.15) is 18.3 Å². The molecule has 0 bridgehead atoms. The maximum Gasteiger partial charge on any atom is 0.249 e. The highest BCUT2D eigenvalue weighted by Crippen LogP contribution is 2.17. The molecule has 1 amide bonds. The van der Waals surface area contributed by atoms with Crippen LogP contribution in [0.15, 0.2) is 0 Å². The van der Waals surface area contributed by atoms with E-state index in [4.69, 9.17) is 25.8 Å². The van der Waals surface area contributed by atoms with Crippen LogP contribution in [0.2, 0.25) is 0 Å². The van der Waals surface area contributed by atoms with E-state index in [1.165, 1.54) is 0 Å². The fraction of sp³-hybridized carbons (Fsp3) is 0.833. The molecule has 1 aliphatic heterocycles. The summed E-state index contributed by atoms with van der Waals surface area (Å²) in [5.41, 5.74) is 4.76. The molecule has 0 aliphatic carbocycles. The first-order valence-electron chi connectivity index (χ1n) is 3.49.